The van der Waals surface area contributed by atoms with Crippen molar-refractivity contribution in [2.45, 2.75) is 25.4 Å². The van der Waals surface area contributed by atoms with Crippen LogP contribution in [0.1, 0.15) is 18.4 Å². The third kappa shape index (κ3) is 3.90. The molecule has 3 rings (SSSR count). The summed E-state index contributed by atoms with van der Waals surface area (Å²) in [6.07, 6.45) is 3.20. The first-order valence-corrected chi connectivity index (χ1v) is 9.58. The lowest BCUT2D eigenvalue weighted by Gasteiger charge is -2.27. The van der Waals surface area contributed by atoms with Crippen molar-refractivity contribution in [1.82, 2.24) is 5.32 Å². The molecule has 0 atom stereocenters. The average molecular weight is 330 g/mol. The molecule has 1 aromatic rings. The molecule has 0 amide bonds. The summed E-state index contributed by atoms with van der Waals surface area (Å²) in [6, 6.07) is 5.85. The second-order valence-corrected chi connectivity index (χ2v) is 8.54. The highest BCUT2D eigenvalue weighted by atomic mass is 35.5. The molecule has 0 saturated carbocycles. The Morgan fingerprint density at radius 3 is 2.57 bits per heavy atom. The molecule has 0 aliphatic carbocycles. The van der Waals surface area contributed by atoms with Crippen molar-refractivity contribution in [2.75, 3.05) is 24.6 Å². The summed E-state index contributed by atoms with van der Waals surface area (Å²) in [7, 11) is -2.86. The summed E-state index contributed by atoms with van der Waals surface area (Å²) in [5.74, 6) is 1.50. The molecular weight excluding hydrogens is 310 g/mol. The van der Waals surface area contributed by atoms with Gasteiger partial charge >= 0.3 is 0 Å². The minimum Gasteiger partial charge on any atom is -0.487 e. The van der Waals surface area contributed by atoms with Gasteiger partial charge in [-0.25, -0.2) is 8.42 Å². The van der Waals surface area contributed by atoms with Crippen molar-refractivity contribution in [3.8, 4) is 5.75 Å². The topological polar surface area (TPSA) is 55.4 Å². The van der Waals surface area contributed by atoms with Crippen molar-refractivity contribution in [3.63, 3.8) is 0 Å². The summed E-state index contributed by atoms with van der Waals surface area (Å²) >= 11 is 6.26. The zero-order valence-corrected chi connectivity index (χ0v) is 13.4. The Labute approximate surface area is 130 Å². The third-order valence-electron chi connectivity index (χ3n) is 4.15. The van der Waals surface area contributed by atoms with Crippen LogP contribution in [0.2, 0.25) is 5.02 Å². The molecule has 0 aromatic heterocycles. The van der Waals surface area contributed by atoms with Crippen LogP contribution in [-0.2, 0) is 16.3 Å². The highest BCUT2D eigenvalue weighted by molar-refractivity contribution is 7.92. The fourth-order valence-electron chi connectivity index (χ4n) is 2.95. The Morgan fingerprint density at radius 2 is 1.95 bits per heavy atom. The molecule has 0 unspecified atom stereocenters. The molecule has 2 aliphatic heterocycles. The van der Waals surface area contributed by atoms with Crippen LogP contribution in [0.4, 0.5) is 0 Å². The largest absolute Gasteiger partial charge is 0.487 e. The second kappa shape index (κ2) is 6.15. The molecule has 0 radical (unpaired) electrons. The Morgan fingerprint density at radius 1 is 1.24 bits per heavy atom. The van der Waals surface area contributed by atoms with E-state index >= 15 is 0 Å². The Hall–Kier alpha value is -0.780. The minimum absolute atomic E-state index is 0.0974. The maximum atomic E-state index is 11.1. The van der Waals surface area contributed by atoms with Crippen molar-refractivity contribution < 1.29 is 13.2 Å². The molecule has 116 valence electrons. The zero-order chi connectivity index (χ0) is 14.9. The molecule has 0 bridgehead atoms. The monoisotopic (exact) mass is 329 g/mol. The van der Waals surface area contributed by atoms with E-state index in [2.05, 4.69) is 5.32 Å². The summed E-state index contributed by atoms with van der Waals surface area (Å²) in [5, 5.41) is 3.94. The van der Waals surface area contributed by atoms with Gasteiger partial charge in [-0.15, -0.1) is 0 Å². The number of hydrogen-bond acceptors (Lipinski definition) is 4. The molecule has 1 aromatic carbocycles. The van der Waals surface area contributed by atoms with Crippen LogP contribution in [-0.4, -0.2) is 39.1 Å². The van der Waals surface area contributed by atoms with E-state index in [1.807, 2.05) is 18.2 Å². The van der Waals surface area contributed by atoms with Gasteiger partial charge in [-0.3, -0.25) is 0 Å². The summed E-state index contributed by atoms with van der Waals surface area (Å²) in [5.41, 5.74) is 1.22. The van der Waals surface area contributed by atoms with Gasteiger partial charge < -0.3 is 10.1 Å². The molecule has 2 heterocycles. The van der Waals surface area contributed by atoms with Crippen LogP contribution in [0.5, 0.6) is 5.75 Å². The van der Waals surface area contributed by atoms with Gasteiger partial charge in [0.05, 0.1) is 16.5 Å². The van der Waals surface area contributed by atoms with E-state index in [-0.39, 0.29) is 17.6 Å². The highest BCUT2D eigenvalue weighted by Crippen LogP contribution is 2.30. The molecule has 2 aliphatic rings. The number of piperidine rings is 1. The van der Waals surface area contributed by atoms with E-state index in [0.717, 1.165) is 19.5 Å². The Kier molecular flexibility index (Phi) is 4.43. The van der Waals surface area contributed by atoms with Gasteiger partial charge in [-0.2, -0.15) is 0 Å². The number of sulfone groups is 1. The smallest absolute Gasteiger partial charge is 0.157 e. The summed E-state index contributed by atoms with van der Waals surface area (Å²) in [4.78, 5) is 0. The Balaban J connectivity index is 1.60. The maximum absolute atomic E-state index is 11.1. The van der Waals surface area contributed by atoms with Crippen LogP contribution < -0.4 is 10.1 Å². The quantitative estimate of drug-likeness (QED) is 0.918. The van der Waals surface area contributed by atoms with E-state index in [1.54, 1.807) is 0 Å². The van der Waals surface area contributed by atoms with E-state index in [0.29, 0.717) is 16.7 Å². The number of ether oxygens (including phenoxy) is 1. The van der Waals surface area contributed by atoms with Crippen LogP contribution >= 0.6 is 11.6 Å². The van der Waals surface area contributed by atoms with Gasteiger partial charge in [-0.05, 0) is 56.0 Å². The normalized spacial score (nSPS) is 22.7. The van der Waals surface area contributed by atoms with Gasteiger partial charge in [-0.1, -0.05) is 17.7 Å². The first kappa shape index (κ1) is 15.1. The maximum Gasteiger partial charge on any atom is 0.157 e. The standard InChI is InChI=1S/C15H20ClNO3S/c16-14-8-12(7-11-3-5-17-6-4-11)1-2-15(14)20-13-9-21(18,19)10-13/h1-2,8,11,13,17H,3-7,9-10H2. The first-order valence-electron chi connectivity index (χ1n) is 7.38. The van der Waals surface area contributed by atoms with Gasteiger partial charge in [0, 0.05) is 0 Å². The first-order chi connectivity index (χ1) is 10.0. The van der Waals surface area contributed by atoms with Crippen LogP contribution in [0.3, 0.4) is 0 Å². The molecule has 4 nitrogen and oxygen atoms in total. The lowest BCUT2D eigenvalue weighted by atomic mass is 9.91. The van der Waals surface area contributed by atoms with Gasteiger partial charge in [0.15, 0.2) is 9.84 Å². The van der Waals surface area contributed by atoms with E-state index in [1.165, 1.54) is 18.4 Å². The van der Waals surface area contributed by atoms with Gasteiger partial charge in [0.2, 0.25) is 0 Å². The molecule has 21 heavy (non-hydrogen) atoms. The van der Waals surface area contributed by atoms with Crippen LogP contribution in [0.15, 0.2) is 18.2 Å². The van der Waals surface area contributed by atoms with E-state index < -0.39 is 9.84 Å². The van der Waals surface area contributed by atoms with Crippen molar-refractivity contribution in [1.29, 1.82) is 0 Å². The lowest BCUT2D eigenvalue weighted by molar-refractivity contribution is 0.230. The van der Waals surface area contributed by atoms with Crippen molar-refractivity contribution in [2.24, 2.45) is 5.92 Å². The number of rotatable bonds is 4. The Bertz CT molecular complexity index is 599. The molecule has 2 fully saturated rings. The predicted octanol–water partition coefficient (Wildman–Crippen LogP) is 2.06. The average Bonchev–Trinajstić information content (AvgIpc) is 2.41. The molecular formula is C15H20ClNO3S. The minimum atomic E-state index is -2.86. The zero-order valence-electron chi connectivity index (χ0n) is 11.8. The SMILES string of the molecule is O=S1(=O)CC(Oc2ccc(CC3CCNCC3)cc2Cl)C1. The number of benzene rings is 1. The fraction of sp³-hybridized carbons (Fsp3) is 0.600. The van der Waals surface area contributed by atoms with E-state index in [9.17, 15) is 8.42 Å². The van der Waals surface area contributed by atoms with Crippen LogP contribution in [0.25, 0.3) is 0 Å². The summed E-state index contributed by atoms with van der Waals surface area (Å²) in [6.45, 7) is 2.19. The third-order valence-corrected chi connectivity index (χ3v) is 6.21. The highest BCUT2D eigenvalue weighted by Gasteiger charge is 2.35. The molecule has 6 heteroatoms. The molecule has 2 saturated heterocycles. The second-order valence-electron chi connectivity index (χ2n) is 5.98. The predicted molar refractivity (Wildman–Crippen MR) is 83.8 cm³/mol. The number of halogens is 1. The molecule has 0 spiro atoms. The lowest BCUT2D eigenvalue weighted by Crippen LogP contribution is -2.45. The molecule has 1 N–H and O–H groups in total. The fourth-order valence-corrected chi connectivity index (χ4v) is 4.37. The summed E-state index contributed by atoms with van der Waals surface area (Å²) < 4.78 is 27.9. The van der Waals surface area contributed by atoms with E-state index in [4.69, 9.17) is 16.3 Å². The van der Waals surface area contributed by atoms with Gasteiger partial charge in [0.1, 0.15) is 11.9 Å². The van der Waals surface area contributed by atoms with Crippen molar-refractivity contribution >= 4 is 21.4 Å². The van der Waals surface area contributed by atoms with Gasteiger partial charge in [0.25, 0.3) is 0 Å². The number of nitrogens with one attached hydrogen (secondary N) is 1. The van der Waals surface area contributed by atoms with Crippen LogP contribution in [0, 0.1) is 5.92 Å². The number of hydrogen-bond donors (Lipinski definition) is 1. The van der Waals surface area contributed by atoms with Crippen molar-refractivity contribution in [3.05, 3.63) is 28.8 Å².